The highest BCUT2D eigenvalue weighted by Crippen LogP contribution is 2.44. The van der Waals surface area contributed by atoms with Gasteiger partial charge in [0.15, 0.2) is 0 Å². The predicted molar refractivity (Wildman–Crippen MR) is 100 cm³/mol. The summed E-state index contributed by atoms with van der Waals surface area (Å²) in [4.78, 5) is 11.3. The summed E-state index contributed by atoms with van der Waals surface area (Å²) in [5, 5.41) is 10.0. The molecule has 0 aliphatic heterocycles. The molecule has 1 aromatic carbocycles. The van der Waals surface area contributed by atoms with Gasteiger partial charge in [0.05, 0.1) is 6.10 Å². The lowest BCUT2D eigenvalue weighted by Gasteiger charge is -2.17. The average molecular weight is 615 g/mol. The number of hydrogen-bond donors (Lipinski definition) is 1. The highest BCUT2D eigenvalue weighted by Gasteiger charge is 2.20. The van der Waals surface area contributed by atoms with Crippen molar-refractivity contribution < 1.29 is 14.6 Å². The molecule has 1 atom stereocenters. The summed E-state index contributed by atoms with van der Waals surface area (Å²) in [5.41, 5.74) is 1.16. The molecule has 0 radical (unpaired) electrons. The number of benzene rings is 1. The summed E-state index contributed by atoms with van der Waals surface area (Å²) in [7, 11) is 0. The van der Waals surface area contributed by atoms with Crippen LogP contribution >= 0.6 is 79.6 Å². The van der Waals surface area contributed by atoms with Crippen molar-refractivity contribution in [1.29, 1.82) is 0 Å². The van der Waals surface area contributed by atoms with Crippen LogP contribution in [0.2, 0.25) is 0 Å². The Morgan fingerprint density at radius 3 is 1.95 bits per heavy atom. The molecule has 116 valence electrons. The van der Waals surface area contributed by atoms with Crippen molar-refractivity contribution in [3.8, 4) is 0 Å². The molecule has 0 saturated heterocycles. The van der Waals surface area contributed by atoms with Crippen LogP contribution in [0.25, 0.3) is 0 Å². The molecule has 0 saturated carbocycles. The van der Waals surface area contributed by atoms with Gasteiger partial charge >= 0.3 is 5.97 Å². The van der Waals surface area contributed by atoms with E-state index in [9.17, 15) is 9.90 Å². The third-order valence-corrected chi connectivity index (χ3v) is 8.75. The summed E-state index contributed by atoms with van der Waals surface area (Å²) in [6.07, 6.45) is -0.504. The normalized spacial score (nSPS) is 12.1. The zero-order chi connectivity index (χ0) is 16.3. The van der Waals surface area contributed by atoms with Crippen molar-refractivity contribution in [3.63, 3.8) is 0 Å². The van der Waals surface area contributed by atoms with Crippen LogP contribution < -0.4 is 0 Å². The topological polar surface area (TPSA) is 46.5 Å². The van der Waals surface area contributed by atoms with Crippen molar-refractivity contribution in [2.45, 2.75) is 19.4 Å². The molecular weight excluding hydrogens is 604 g/mol. The fourth-order valence-corrected chi connectivity index (χ4v) is 4.87. The smallest absolute Gasteiger partial charge is 0.333 e. The standard InChI is InChI=1S/C13H11Br5O3/c1-5(2)13(20)21-4-6(19)3-7-8(14)10(16)12(18)11(17)9(7)15/h6,19H,1,3-4H2,2H3. The van der Waals surface area contributed by atoms with Crippen molar-refractivity contribution in [1.82, 2.24) is 0 Å². The summed E-state index contributed by atoms with van der Waals surface area (Å²) in [6.45, 7) is 4.96. The van der Waals surface area contributed by atoms with Gasteiger partial charge in [0, 0.05) is 34.4 Å². The Hall–Kier alpha value is 0.790. The van der Waals surface area contributed by atoms with Crippen molar-refractivity contribution in [2.24, 2.45) is 0 Å². The largest absolute Gasteiger partial charge is 0.460 e. The van der Waals surface area contributed by atoms with Gasteiger partial charge in [-0.3, -0.25) is 0 Å². The van der Waals surface area contributed by atoms with Gasteiger partial charge in [-0.15, -0.1) is 0 Å². The summed E-state index contributed by atoms with van der Waals surface area (Å²) in [5.74, 6) is -0.509. The van der Waals surface area contributed by atoms with Crippen LogP contribution in [0.1, 0.15) is 12.5 Å². The zero-order valence-corrected chi connectivity index (χ0v) is 18.8. The maximum atomic E-state index is 11.3. The second-order valence-corrected chi connectivity index (χ2v) is 8.25. The first-order valence-electron chi connectivity index (χ1n) is 5.67. The van der Waals surface area contributed by atoms with Gasteiger partial charge < -0.3 is 9.84 Å². The SMILES string of the molecule is C=C(C)C(=O)OCC(O)Cc1c(Br)c(Br)c(Br)c(Br)c1Br. The molecule has 0 bridgehead atoms. The van der Waals surface area contributed by atoms with Gasteiger partial charge in [-0.05, 0) is 92.1 Å². The van der Waals surface area contributed by atoms with Gasteiger partial charge in [-0.25, -0.2) is 4.79 Å². The monoisotopic (exact) mass is 610 g/mol. The van der Waals surface area contributed by atoms with E-state index in [1.54, 1.807) is 6.92 Å². The van der Waals surface area contributed by atoms with Crippen LogP contribution in [0.5, 0.6) is 0 Å². The average Bonchev–Trinajstić information content (AvgIpc) is 2.44. The van der Waals surface area contributed by atoms with Crippen LogP contribution in [0.3, 0.4) is 0 Å². The van der Waals surface area contributed by atoms with E-state index in [4.69, 9.17) is 4.74 Å². The fraction of sp³-hybridized carbons (Fsp3) is 0.308. The van der Waals surface area contributed by atoms with Crippen LogP contribution in [-0.4, -0.2) is 23.8 Å². The molecule has 1 rings (SSSR count). The van der Waals surface area contributed by atoms with E-state index in [-0.39, 0.29) is 6.61 Å². The first kappa shape index (κ1) is 19.8. The van der Waals surface area contributed by atoms with Crippen molar-refractivity contribution >= 4 is 85.6 Å². The molecule has 3 nitrogen and oxygen atoms in total. The Kier molecular flexibility index (Phi) is 8.11. The molecule has 0 heterocycles. The number of esters is 1. The molecule has 0 spiro atoms. The first-order valence-corrected chi connectivity index (χ1v) is 9.64. The highest BCUT2D eigenvalue weighted by atomic mass is 79.9. The number of aliphatic hydroxyl groups excluding tert-OH is 1. The molecule has 1 aromatic rings. The number of halogens is 5. The minimum absolute atomic E-state index is 0.0874. The maximum Gasteiger partial charge on any atom is 0.333 e. The molecule has 0 aliphatic rings. The van der Waals surface area contributed by atoms with Gasteiger partial charge in [-0.1, -0.05) is 6.58 Å². The lowest BCUT2D eigenvalue weighted by molar-refractivity contribution is -0.141. The lowest BCUT2D eigenvalue weighted by atomic mass is 10.1. The van der Waals surface area contributed by atoms with Crippen LogP contribution in [0.15, 0.2) is 34.5 Å². The van der Waals surface area contributed by atoms with Gasteiger partial charge in [0.25, 0.3) is 0 Å². The molecule has 1 N–H and O–H groups in total. The molecule has 1 unspecified atom stereocenters. The third kappa shape index (κ3) is 5.14. The quantitative estimate of drug-likeness (QED) is 0.206. The van der Waals surface area contributed by atoms with E-state index in [1.807, 2.05) is 0 Å². The van der Waals surface area contributed by atoms with Gasteiger partial charge in [0.2, 0.25) is 0 Å². The van der Waals surface area contributed by atoms with Crippen LogP contribution in [0, 0.1) is 0 Å². The molecule has 21 heavy (non-hydrogen) atoms. The number of carbonyl (C=O) groups excluding carboxylic acids is 1. The molecule has 0 fully saturated rings. The second-order valence-electron chi connectivity index (χ2n) is 4.29. The predicted octanol–water partition coefficient (Wildman–Crippen LogP) is 5.52. The third-order valence-electron chi connectivity index (χ3n) is 2.50. The molecule has 0 aromatic heterocycles. The highest BCUT2D eigenvalue weighted by molar-refractivity contribution is 9.15. The first-order chi connectivity index (χ1) is 9.66. The minimum Gasteiger partial charge on any atom is -0.460 e. The number of carbonyl (C=O) groups is 1. The summed E-state index contributed by atoms with van der Waals surface area (Å²) < 4.78 is 9.10. The Balaban J connectivity index is 2.89. The fourth-order valence-electron chi connectivity index (χ4n) is 1.42. The van der Waals surface area contributed by atoms with E-state index in [0.29, 0.717) is 12.0 Å². The molecule has 0 aliphatic carbocycles. The van der Waals surface area contributed by atoms with Gasteiger partial charge in [0.1, 0.15) is 6.61 Å². The Bertz CT molecular complexity index is 557. The lowest BCUT2D eigenvalue weighted by Crippen LogP contribution is -2.21. The zero-order valence-electron chi connectivity index (χ0n) is 10.9. The number of ether oxygens (including phenoxy) is 1. The van der Waals surface area contributed by atoms with E-state index in [1.165, 1.54) is 0 Å². The minimum atomic E-state index is -0.819. The van der Waals surface area contributed by atoms with Crippen molar-refractivity contribution in [2.75, 3.05) is 6.61 Å². The Morgan fingerprint density at radius 2 is 1.52 bits per heavy atom. The van der Waals surface area contributed by atoms with Crippen LogP contribution in [0.4, 0.5) is 0 Å². The number of hydrogen-bond acceptors (Lipinski definition) is 3. The van der Waals surface area contributed by atoms with E-state index >= 15 is 0 Å². The molecule has 8 heteroatoms. The van der Waals surface area contributed by atoms with E-state index < -0.39 is 12.1 Å². The maximum absolute atomic E-state index is 11.3. The summed E-state index contributed by atoms with van der Waals surface area (Å²) in [6, 6.07) is 0. The van der Waals surface area contributed by atoms with E-state index in [0.717, 1.165) is 27.9 Å². The van der Waals surface area contributed by atoms with Gasteiger partial charge in [-0.2, -0.15) is 0 Å². The van der Waals surface area contributed by atoms with Crippen LogP contribution in [-0.2, 0) is 16.0 Å². The molecule has 0 amide bonds. The van der Waals surface area contributed by atoms with Crippen molar-refractivity contribution in [3.05, 3.63) is 40.1 Å². The molecular formula is C13H11Br5O3. The number of rotatable bonds is 5. The second kappa shape index (κ2) is 8.59. The number of aliphatic hydroxyl groups is 1. The summed E-state index contributed by atoms with van der Waals surface area (Å²) >= 11 is 17.4. The Labute approximate surface area is 165 Å². The van der Waals surface area contributed by atoms with E-state index in [2.05, 4.69) is 86.2 Å². The Morgan fingerprint density at radius 1 is 1.10 bits per heavy atom.